The van der Waals surface area contributed by atoms with E-state index in [4.69, 9.17) is 8.83 Å². The van der Waals surface area contributed by atoms with Crippen molar-refractivity contribution >= 4 is 138 Å². The fourth-order valence-electron chi connectivity index (χ4n) is 16.9. The Morgan fingerprint density at radius 1 is 0.210 bits per heavy atom. The summed E-state index contributed by atoms with van der Waals surface area (Å²) in [5.41, 5.74) is 26.7. The van der Waals surface area contributed by atoms with Crippen molar-refractivity contribution in [3.05, 3.63) is 358 Å². The van der Waals surface area contributed by atoms with E-state index in [9.17, 15) is 0 Å². The molecule has 0 spiro atoms. The maximum Gasteiger partial charge on any atom is 0.139 e. The lowest BCUT2D eigenvalue weighted by Gasteiger charge is -2.20. The molecular weight excluding hydrogens is 1500 g/mol. The van der Waals surface area contributed by atoms with Gasteiger partial charge in [0.1, 0.15) is 22.3 Å². The molecule has 0 aliphatic heterocycles. The minimum Gasteiger partial charge on any atom is -0.456 e. The van der Waals surface area contributed by atoms with E-state index in [0.717, 1.165) is 35.2 Å². The summed E-state index contributed by atoms with van der Waals surface area (Å²) in [6.07, 6.45) is 2.19. The van der Waals surface area contributed by atoms with Crippen molar-refractivity contribution in [2.24, 2.45) is 0 Å². The summed E-state index contributed by atoms with van der Waals surface area (Å²) in [4.78, 5) is 0. The number of rotatable bonds is 0. The second-order valence-corrected chi connectivity index (χ2v) is 42.8. The lowest BCUT2D eigenvalue weighted by Crippen LogP contribution is -2.11. The molecular formula is C114H116O2S3. The minimum atomic E-state index is 0.105. The molecule has 119 heavy (non-hydrogen) atoms. The molecule has 5 heteroatoms. The van der Waals surface area contributed by atoms with Crippen molar-refractivity contribution in [1.82, 2.24) is 0 Å². The van der Waals surface area contributed by atoms with Gasteiger partial charge in [-0.25, -0.2) is 0 Å². The molecule has 5 aromatic heterocycles. The van der Waals surface area contributed by atoms with Gasteiger partial charge in [0, 0.05) is 87.6 Å². The molecule has 14 aromatic carbocycles. The fraction of sp³-hybridized carbons (Fsp3) is 0.263. The van der Waals surface area contributed by atoms with E-state index in [1.807, 2.05) is 64.3 Å². The molecule has 0 amide bonds. The average molecular weight is 1610 g/mol. The summed E-state index contributed by atoms with van der Waals surface area (Å²) >= 11 is 5.69. The summed E-state index contributed by atoms with van der Waals surface area (Å²) in [7, 11) is 0. The van der Waals surface area contributed by atoms with Gasteiger partial charge in [-0.05, 0) is 183 Å². The number of hydrogen-bond donors (Lipinski definition) is 0. The van der Waals surface area contributed by atoms with Crippen molar-refractivity contribution in [2.75, 3.05) is 0 Å². The third-order valence-electron chi connectivity index (χ3n) is 23.4. The average Bonchev–Trinajstić information content (AvgIpc) is 1.64. The van der Waals surface area contributed by atoms with Crippen LogP contribution in [0.1, 0.15) is 207 Å². The number of benzene rings is 14. The van der Waals surface area contributed by atoms with Crippen LogP contribution in [0.2, 0.25) is 0 Å². The van der Waals surface area contributed by atoms with Gasteiger partial charge in [-0.15, -0.1) is 34.0 Å². The van der Waals surface area contributed by atoms with Crippen LogP contribution >= 0.6 is 34.0 Å². The highest BCUT2D eigenvalue weighted by molar-refractivity contribution is 7.26. The lowest BCUT2D eigenvalue weighted by atomic mass is 9.84. The molecule has 5 heterocycles. The van der Waals surface area contributed by atoms with E-state index in [0.29, 0.717) is 0 Å². The Bertz CT molecular complexity index is 6520. The van der Waals surface area contributed by atoms with Crippen LogP contribution in [0.25, 0.3) is 127 Å². The minimum absolute atomic E-state index is 0.105. The van der Waals surface area contributed by atoms with Gasteiger partial charge in [0.2, 0.25) is 0 Å². The Hall–Kier alpha value is -10.7. The number of hydrogen-bond acceptors (Lipinski definition) is 5. The molecule has 2 aliphatic carbocycles. The number of thiophene rings is 3. The number of furan rings is 2. The molecule has 0 saturated heterocycles. The molecule has 2 nitrogen and oxygen atoms in total. The van der Waals surface area contributed by atoms with Crippen molar-refractivity contribution in [3.8, 4) is 22.3 Å². The molecule has 602 valence electrons. The summed E-state index contributed by atoms with van der Waals surface area (Å²) in [5.74, 6) is 0. The topological polar surface area (TPSA) is 26.3 Å². The van der Waals surface area contributed by atoms with E-state index in [1.54, 1.807) is 0 Å². The van der Waals surface area contributed by atoms with Crippen LogP contribution in [-0.4, -0.2) is 0 Å². The van der Waals surface area contributed by atoms with Gasteiger partial charge in [-0.1, -0.05) is 388 Å². The Balaban J connectivity index is 0.000000108. The zero-order valence-electron chi connectivity index (χ0n) is 73.7. The van der Waals surface area contributed by atoms with Gasteiger partial charge in [0.25, 0.3) is 0 Å². The van der Waals surface area contributed by atoms with Crippen LogP contribution in [0.3, 0.4) is 0 Å². The molecule has 0 bridgehead atoms. The summed E-state index contributed by atoms with van der Waals surface area (Å²) in [6.45, 7) is 47.5. The van der Waals surface area contributed by atoms with Crippen LogP contribution in [0, 0.1) is 0 Å². The Kier molecular flexibility index (Phi) is 23.0. The van der Waals surface area contributed by atoms with Gasteiger partial charge in [0.15, 0.2) is 0 Å². The SMILES string of the molecule is CC(C)(C)c1ccc2c(c1)Cc1ccccc1-2.CC(C)(C)c1ccc2c(c1)Cc1ccccc1-2.CC(C)(C)c1ccc2sc3ccccc3c2c1.CC(C)(C)c1cccc2c1oc1ccccc12.CC(C)(C)c1cccc2c1sc1ccccc12.CC(C)(C)c1cccc2oc3ccccc3c12.CC(C)(C)c1cccc2sc3ccccc3c12. The summed E-state index contributed by atoms with van der Waals surface area (Å²) < 4.78 is 20.3. The van der Waals surface area contributed by atoms with Gasteiger partial charge in [-0.2, -0.15) is 0 Å². The highest BCUT2D eigenvalue weighted by Gasteiger charge is 2.27. The van der Waals surface area contributed by atoms with E-state index < -0.39 is 0 Å². The predicted octanol–water partition coefficient (Wildman–Crippen LogP) is 34.9. The Morgan fingerprint density at radius 2 is 0.563 bits per heavy atom. The van der Waals surface area contributed by atoms with Crippen molar-refractivity contribution in [1.29, 1.82) is 0 Å². The third kappa shape index (κ3) is 17.7. The van der Waals surface area contributed by atoms with E-state index in [1.165, 1.54) is 166 Å². The quantitative estimate of drug-likeness (QED) is 0.151. The van der Waals surface area contributed by atoms with Crippen LogP contribution in [0.15, 0.2) is 306 Å². The second-order valence-electron chi connectivity index (χ2n) is 39.6. The largest absolute Gasteiger partial charge is 0.456 e. The molecule has 21 rings (SSSR count). The molecule has 0 fully saturated rings. The number of para-hydroxylation sites is 3. The van der Waals surface area contributed by atoms with Gasteiger partial charge in [0.05, 0.1) is 0 Å². The first-order valence-electron chi connectivity index (χ1n) is 42.4. The van der Waals surface area contributed by atoms with E-state index in [2.05, 4.69) is 412 Å². The summed E-state index contributed by atoms with van der Waals surface area (Å²) in [6, 6.07) is 107. The van der Waals surface area contributed by atoms with E-state index in [-0.39, 0.29) is 37.9 Å². The molecule has 0 radical (unpaired) electrons. The van der Waals surface area contributed by atoms with Crippen LogP contribution in [0.4, 0.5) is 0 Å². The monoisotopic (exact) mass is 1610 g/mol. The fourth-order valence-corrected chi connectivity index (χ4v) is 20.5. The van der Waals surface area contributed by atoms with Crippen LogP contribution < -0.4 is 0 Å². The van der Waals surface area contributed by atoms with Crippen LogP contribution in [0.5, 0.6) is 0 Å². The smallest absolute Gasteiger partial charge is 0.139 e. The molecule has 0 saturated carbocycles. The van der Waals surface area contributed by atoms with Crippen molar-refractivity contribution in [2.45, 2.75) is 196 Å². The third-order valence-corrected chi connectivity index (χ3v) is 26.9. The standard InChI is InChI=1S/2C17H18.2C16H16O.3C16H16S/c2*1-17(2,3)14-8-9-16-13(11-14)10-12-6-4-5-7-15(12)16;1-16(2,3)13-9-6-8-12-11-7-4-5-10-14(11)17-15(12)13;1-16(2,3)12-8-6-10-14-15(12)11-7-4-5-9-13(11)17-14;1-16(2,3)13-9-6-8-12-11-7-4-5-10-14(11)17-15(12)13;1-16(2,3)12-8-6-10-14-15(12)11-7-4-5-9-13(11)17-14;1-16(2,3)11-8-9-15-13(10-11)12-6-4-5-7-14(12)17-15/h2*4-9,11H,10H2,1-3H3;5*4-10H,1-3H3. The first-order chi connectivity index (χ1) is 56.4. The Morgan fingerprint density at radius 3 is 1.11 bits per heavy atom. The zero-order valence-corrected chi connectivity index (χ0v) is 76.2. The Labute approximate surface area is 718 Å². The molecule has 0 N–H and O–H groups in total. The molecule has 0 unspecified atom stereocenters. The molecule has 0 atom stereocenters. The predicted molar refractivity (Wildman–Crippen MR) is 526 cm³/mol. The second kappa shape index (κ2) is 32.8. The normalized spacial score (nSPS) is 12.7. The summed E-state index contributed by atoms with van der Waals surface area (Å²) in [5, 5.41) is 13.3. The van der Waals surface area contributed by atoms with E-state index >= 15 is 0 Å². The number of fused-ring (bicyclic) bond motifs is 21. The molecule has 19 aromatic rings. The maximum atomic E-state index is 6.01. The van der Waals surface area contributed by atoms with Gasteiger partial charge < -0.3 is 8.83 Å². The first kappa shape index (κ1) is 83.4. The lowest BCUT2D eigenvalue weighted by molar-refractivity contribution is 0.573. The van der Waals surface area contributed by atoms with Crippen LogP contribution in [-0.2, 0) is 50.7 Å². The highest BCUT2D eigenvalue weighted by atomic mass is 32.1. The van der Waals surface area contributed by atoms with Gasteiger partial charge in [-0.3, -0.25) is 0 Å². The zero-order chi connectivity index (χ0) is 84.3. The van der Waals surface area contributed by atoms with Gasteiger partial charge >= 0.3 is 0 Å². The first-order valence-corrected chi connectivity index (χ1v) is 44.9. The maximum absolute atomic E-state index is 6.01. The van der Waals surface area contributed by atoms with Crippen molar-refractivity contribution < 1.29 is 8.83 Å². The highest BCUT2D eigenvalue weighted by Crippen LogP contribution is 2.46. The molecule has 2 aliphatic rings. The van der Waals surface area contributed by atoms with Crippen molar-refractivity contribution in [3.63, 3.8) is 0 Å².